The molecular formula is C12H25NO2S. The summed E-state index contributed by atoms with van der Waals surface area (Å²) in [6, 6.07) is 0. The molecule has 0 bridgehead atoms. The zero-order chi connectivity index (χ0) is 12.0. The Morgan fingerprint density at radius 3 is 2.69 bits per heavy atom. The molecule has 96 valence electrons. The van der Waals surface area contributed by atoms with Crippen molar-refractivity contribution in [3.63, 3.8) is 0 Å². The minimum atomic E-state index is -2.78. The molecule has 1 aliphatic carbocycles. The second kappa shape index (κ2) is 6.60. The van der Waals surface area contributed by atoms with Crippen molar-refractivity contribution in [2.24, 2.45) is 11.8 Å². The Morgan fingerprint density at radius 2 is 2.06 bits per heavy atom. The van der Waals surface area contributed by atoms with Crippen LogP contribution in [0.1, 0.15) is 39.0 Å². The minimum Gasteiger partial charge on any atom is -0.316 e. The van der Waals surface area contributed by atoms with Crippen molar-refractivity contribution in [1.29, 1.82) is 0 Å². The van der Waals surface area contributed by atoms with Crippen LogP contribution in [0.3, 0.4) is 0 Å². The summed E-state index contributed by atoms with van der Waals surface area (Å²) < 4.78 is 21.8. The molecule has 0 aromatic rings. The molecule has 2 unspecified atom stereocenters. The van der Waals surface area contributed by atoms with E-state index in [1.807, 2.05) is 0 Å². The van der Waals surface area contributed by atoms with Crippen molar-refractivity contribution in [2.45, 2.75) is 39.0 Å². The summed E-state index contributed by atoms with van der Waals surface area (Å²) in [7, 11) is -2.78. The molecule has 16 heavy (non-hydrogen) atoms. The molecule has 0 spiro atoms. The average Bonchev–Trinajstić information content (AvgIpc) is 2.15. The monoisotopic (exact) mass is 247 g/mol. The molecule has 1 saturated carbocycles. The quantitative estimate of drug-likeness (QED) is 0.729. The molecule has 2 atom stereocenters. The highest BCUT2D eigenvalue weighted by molar-refractivity contribution is 7.90. The standard InChI is InChI=1S/C12H25NO2S/c1-11-5-3-6-12(9-11)10-13-7-4-8-16(2,14)15/h11-13H,3-10H2,1-2H3. The van der Waals surface area contributed by atoms with Crippen molar-refractivity contribution < 1.29 is 8.42 Å². The third-order valence-electron chi connectivity index (χ3n) is 3.35. The molecular weight excluding hydrogens is 222 g/mol. The van der Waals surface area contributed by atoms with Crippen molar-refractivity contribution in [3.8, 4) is 0 Å². The lowest BCUT2D eigenvalue weighted by molar-refractivity contribution is 0.275. The van der Waals surface area contributed by atoms with E-state index >= 15 is 0 Å². The topological polar surface area (TPSA) is 46.2 Å². The van der Waals surface area contributed by atoms with Crippen LogP contribution in [-0.4, -0.2) is 33.5 Å². The number of hydrogen-bond donors (Lipinski definition) is 1. The van der Waals surface area contributed by atoms with E-state index in [1.54, 1.807) is 0 Å². The molecule has 1 rings (SSSR count). The van der Waals surface area contributed by atoms with Gasteiger partial charge in [0, 0.05) is 6.26 Å². The van der Waals surface area contributed by atoms with Gasteiger partial charge in [0.1, 0.15) is 9.84 Å². The van der Waals surface area contributed by atoms with Crippen LogP contribution in [0.25, 0.3) is 0 Å². The Balaban J connectivity index is 2.02. The fourth-order valence-corrected chi connectivity index (χ4v) is 3.18. The Morgan fingerprint density at radius 1 is 1.31 bits per heavy atom. The molecule has 0 amide bonds. The molecule has 3 nitrogen and oxygen atoms in total. The highest BCUT2D eigenvalue weighted by Gasteiger charge is 2.18. The van der Waals surface area contributed by atoms with Gasteiger partial charge in [0.2, 0.25) is 0 Å². The maximum atomic E-state index is 10.9. The summed E-state index contributed by atoms with van der Waals surface area (Å²) in [4.78, 5) is 0. The van der Waals surface area contributed by atoms with Gasteiger partial charge in [-0.1, -0.05) is 19.8 Å². The maximum Gasteiger partial charge on any atom is 0.147 e. The largest absolute Gasteiger partial charge is 0.316 e. The van der Waals surface area contributed by atoms with Gasteiger partial charge >= 0.3 is 0 Å². The molecule has 0 aromatic heterocycles. The molecule has 0 radical (unpaired) electrons. The zero-order valence-electron chi connectivity index (χ0n) is 10.5. The highest BCUT2D eigenvalue weighted by Crippen LogP contribution is 2.27. The van der Waals surface area contributed by atoms with Gasteiger partial charge < -0.3 is 5.32 Å². The lowest BCUT2D eigenvalue weighted by Crippen LogP contribution is -2.28. The first-order valence-electron chi connectivity index (χ1n) is 6.36. The Bertz CT molecular complexity index is 287. The molecule has 0 saturated heterocycles. The number of nitrogens with one attached hydrogen (secondary N) is 1. The summed E-state index contributed by atoms with van der Waals surface area (Å²) in [6.07, 6.45) is 7.45. The number of sulfone groups is 1. The first-order valence-corrected chi connectivity index (χ1v) is 8.42. The van der Waals surface area contributed by atoms with E-state index in [-0.39, 0.29) is 0 Å². The predicted molar refractivity (Wildman–Crippen MR) is 68.3 cm³/mol. The molecule has 0 aromatic carbocycles. The van der Waals surface area contributed by atoms with E-state index in [4.69, 9.17) is 0 Å². The SMILES string of the molecule is CC1CCCC(CNCCCS(C)(=O)=O)C1. The molecule has 1 aliphatic rings. The smallest absolute Gasteiger partial charge is 0.147 e. The van der Waals surface area contributed by atoms with Gasteiger partial charge in [0.25, 0.3) is 0 Å². The molecule has 0 aliphatic heterocycles. The normalized spacial score (nSPS) is 26.9. The van der Waals surface area contributed by atoms with Crippen molar-refractivity contribution in [3.05, 3.63) is 0 Å². The minimum absolute atomic E-state index is 0.307. The summed E-state index contributed by atoms with van der Waals surface area (Å²) in [5.41, 5.74) is 0. The fraction of sp³-hybridized carbons (Fsp3) is 1.00. The zero-order valence-corrected chi connectivity index (χ0v) is 11.4. The first-order chi connectivity index (χ1) is 7.47. The number of rotatable bonds is 6. The third-order valence-corrected chi connectivity index (χ3v) is 4.38. The summed E-state index contributed by atoms with van der Waals surface area (Å²) in [5.74, 6) is 1.99. The summed E-state index contributed by atoms with van der Waals surface area (Å²) in [5, 5.41) is 3.38. The summed E-state index contributed by atoms with van der Waals surface area (Å²) >= 11 is 0. The molecule has 0 heterocycles. The van der Waals surface area contributed by atoms with Gasteiger partial charge in [-0.05, 0) is 44.2 Å². The van der Waals surface area contributed by atoms with Crippen molar-refractivity contribution in [1.82, 2.24) is 5.32 Å². The van der Waals surface area contributed by atoms with E-state index in [0.717, 1.165) is 31.3 Å². The Labute approximate surface area is 99.9 Å². The third kappa shape index (κ3) is 6.48. The van der Waals surface area contributed by atoms with E-state index in [9.17, 15) is 8.42 Å². The van der Waals surface area contributed by atoms with E-state index in [1.165, 1.54) is 31.9 Å². The van der Waals surface area contributed by atoms with Crippen LogP contribution in [-0.2, 0) is 9.84 Å². The van der Waals surface area contributed by atoms with Gasteiger partial charge in [0.15, 0.2) is 0 Å². The lowest BCUT2D eigenvalue weighted by atomic mass is 9.82. The summed E-state index contributed by atoms with van der Waals surface area (Å²) in [6.45, 7) is 4.22. The highest BCUT2D eigenvalue weighted by atomic mass is 32.2. The van der Waals surface area contributed by atoms with E-state index < -0.39 is 9.84 Å². The van der Waals surface area contributed by atoms with Gasteiger partial charge in [-0.2, -0.15) is 0 Å². The van der Waals surface area contributed by atoms with Crippen LogP contribution < -0.4 is 5.32 Å². The fourth-order valence-electron chi connectivity index (χ4n) is 2.51. The van der Waals surface area contributed by atoms with Crippen LogP contribution in [0, 0.1) is 11.8 Å². The van der Waals surface area contributed by atoms with Crippen molar-refractivity contribution in [2.75, 3.05) is 25.1 Å². The van der Waals surface area contributed by atoms with Crippen LogP contribution in [0.5, 0.6) is 0 Å². The molecule has 4 heteroatoms. The van der Waals surface area contributed by atoms with Gasteiger partial charge in [-0.25, -0.2) is 8.42 Å². The first kappa shape index (κ1) is 14.0. The van der Waals surface area contributed by atoms with E-state index in [0.29, 0.717) is 5.75 Å². The van der Waals surface area contributed by atoms with E-state index in [2.05, 4.69) is 12.2 Å². The van der Waals surface area contributed by atoms with Crippen LogP contribution in [0.15, 0.2) is 0 Å². The van der Waals surface area contributed by atoms with Crippen LogP contribution >= 0.6 is 0 Å². The van der Waals surface area contributed by atoms with Gasteiger partial charge in [-0.3, -0.25) is 0 Å². The van der Waals surface area contributed by atoms with Gasteiger partial charge in [-0.15, -0.1) is 0 Å². The number of hydrogen-bond acceptors (Lipinski definition) is 3. The maximum absolute atomic E-state index is 10.9. The van der Waals surface area contributed by atoms with Crippen LogP contribution in [0.2, 0.25) is 0 Å². The Kier molecular flexibility index (Phi) is 5.76. The molecule has 1 fully saturated rings. The van der Waals surface area contributed by atoms with Crippen molar-refractivity contribution >= 4 is 9.84 Å². The predicted octanol–water partition coefficient (Wildman–Crippen LogP) is 1.84. The second-order valence-electron chi connectivity index (χ2n) is 5.33. The average molecular weight is 247 g/mol. The van der Waals surface area contributed by atoms with Gasteiger partial charge in [0.05, 0.1) is 5.75 Å². The Hall–Kier alpha value is -0.0900. The van der Waals surface area contributed by atoms with Crippen LogP contribution in [0.4, 0.5) is 0 Å². The molecule has 1 N–H and O–H groups in total. The lowest BCUT2D eigenvalue weighted by Gasteiger charge is -2.26. The second-order valence-corrected chi connectivity index (χ2v) is 7.59.